The van der Waals surface area contributed by atoms with Crippen LogP contribution in [0.3, 0.4) is 0 Å². The second-order valence-electron chi connectivity index (χ2n) is 7.44. The van der Waals surface area contributed by atoms with Gasteiger partial charge in [-0.1, -0.05) is 0 Å². The van der Waals surface area contributed by atoms with Crippen molar-refractivity contribution in [2.75, 3.05) is 26.2 Å². The first-order valence-electron chi connectivity index (χ1n) is 7.85. The van der Waals surface area contributed by atoms with E-state index in [4.69, 9.17) is 10.5 Å². The molecule has 6 heteroatoms. The average Bonchev–Trinajstić information content (AvgIpc) is 2.38. The van der Waals surface area contributed by atoms with E-state index in [-0.39, 0.29) is 6.09 Å². The summed E-state index contributed by atoms with van der Waals surface area (Å²) in [7, 11) is 0. The van der Waals surface area contributed by atoms with Crippen LogP contribution in [-0.4, -0.2) is 59.0 Å². The van der Waals surface area contributed by atoms with E-state index >= 15 is 0 Å². The number of piperidine rings is 2. The van der Waals surface area contributed by atoms with E-state index in [1.807, 2.05) is 20.8 Å². The van der Waals surface area contributed by atoms with E-state index in [0.29, 0.717) is 32.5 Å². The summed E-state index contributed by atoms with van der Waals surface area (Å²) in [5, 5.41) is 14.2. The third kappa shape index (κ3) is 3.67. The molecule has 0 aliphatic carbocycles. The molecule has 6 nitrogen and oxygen atoms in total. The molecule has 0 aromatic heterocycles. The predicted octanol–water partition coefficient (Wildman–Crippen LogP) is 0.829. The van der Waals surface area contributed by atoms with Crippen molar-refractivity contribution < 1.29 is 14.6 Å². The Kier molecular flexibility index (Phi) is 4.52. The van der Waals surface area contributed by atoms with E-state index < -0.39 is 16.7 Å². The summed E-state index contributed by atoms with van der Waals surface area (Å²) in [6.45, 7) is 8.14. The van der Waals surface area contributed by atoms with Crippen molar-refractivity contribution >= 4 is 6.09 Å². The summed E-state index contributed by atoms with van der Waals surface area (Å²) in [6, 6.07) is 0. The lowest BCUT2D eigenvalue weighted by Crippen LogP contribution is -2.69. The molecule has 2 aliphatic heterocycles. The van der Waals surface area contributed by atoms with E-state index in [1.165, 1.54) is 0 Å². The van der Waals surface area contributed by atoms with Gasteiger partial charge >= 0.3 is 6.09 Å². The number of likely N-dealkylation sites (tertiary alicyclic amines) is 1. The minimum absolute atomic E-state index is 0.308. The second-order valence-corrected chi connectivity index (χ2v) is 7.44. The molecular formula is C15H29N3O3. The van der Waals surface area contributed by atoms with E-state index in [9.17, 15) is 9.90 Å². The molecule has 1 atom stereocenters. The van der Waals surface area contributed by atoms with Crippen molar-refractivity contribution in [1.82, 2.24) is 10.2 Å². The largest absolute Gasteiger partial charge is 0.444 e. The third-order valence-corrected chi connectivity index (χ3v) is 4.59. The Balaban J connectivity index is 1.94. The van der Waals surface area contributed by atoms with Crippen LogP contribution in [0.2, 0.25) is 0 Å². The summed E-state index contributed by atoms with van der Waals surface area (Å²) in [5.74, 6) is 0. The number of nitrogens with zero attached hydrogens (tertiary/aromatic N) is 1. The first kappa shape index (κ1) is 16.5. The maximum absolute atomic E-state index is 12.1. The van der Waals surface area contributed by atoms with Gasteiger partial charge in [0.1, 0.15) is 5.60 Å². The van der Waals surface area contributed by atoms with Gasteiger partial charge in [-0.25, -0.2) is 4.79 Å². The highest BCUT2D eigenvalue weighted by atomic mass is 16.6. The Labute approximate surface area is 127 Å². The van der Waals surface area contributed by atoms with Gasteiger partial charge in [-0.15, -0.1) is 0 Å². The number of nitrogens with two attached hydrogens (primary N) is 1. The molecule has 4 N–H and O–H groups in total. The van der Waals surface area contributed by atoms with E-state index in [1.54, 1.807) is 4.90 Å². The van der Waals surface area contributed by atoms with Crippen molar-refractivity contribution in [3.05, 3.63) is 0 Å². The number of rotatable bonds is 1. The Morgan fingerprint density at radius 3 is 2.38 bits per heavy atom. The molecule has 0 saturated carbocycles. The van der Waals surface area contributed by atoms with Gasteiger partial charge in [0.2, 0.25) is 0 Å². The smallest absolute Gasteiger partial charge is 0.410 e. The normalized spacial score (nSPS) is 30.0. The van der Waals surface area contributed by atoms with Crippen LogP contribution in [0.4, 0.5) is 4.79 Å². The van der Waals surface area contributed by atoms with Gasteiger partial charge in [0, 0.05) is 19.6 Å². The van der Waals surface area contributed by atoms with Gasteiger partial charge in [0.25, 0.3) is 0 Å². The van der Waals surface area contributed by atoms with E-state index in [2.05, 4.69) is 5.32 Å². The maximum Gasteiger partial charge on any atom is 0.410 e. The van der Waals surface area contributed by atoms with E-state index in [0.717, 1.165) is 19.4 Å². The van der Waals surface area contributed by atoms with Crippen LogP contribution in [-0.2, 0) is 4.74 Å². The Hall–Kier alpha value is -0.850. The number of amides is 1. The Morgan fingerprint density at radius 2 is 1.90 bits per heavy atom. The molecule has 1 unspecified atom stereocenters. The average molecular weight is 299 g/mol. The lowest BCUT2D eigenvalue weighted by Gasteiger charge is -2.50. The molecule has 0 aromatic carbocycles. The fourth-order valence-corrected chi connectivity index (χ4v) is 3.21. The van der Waals surface area contributed by atoms with Gasteiger partial charge in [-0.05, 0) is 53.0 Å². The summed E-state index contributed by atoms with van der Waals surface area (Å²) >= 11 is 0. The van der Waals surface area contributed by atoms with Crippen molar-refractivity contribution in [2.45, 2.75) is 63.2 Å². The molecule has 0 bridgehead atoms. The number of ether oxygens (including phenoxy) is 1. The molecule has 2 rings (SSSR count). The van der Waals surface area contributed by atoms with Gasteiger partial charge in [-0.3, -0.25) is 0 Å². The third-order valence-electron chi connectivity index (χ3n) is 4.59. The van der Waals surface area contributed by atoms with Crippen LogP contribution in [0.1, 0.15) is 46.5 Å². The summed E-state index contributed by atoms with van der Waals surface area (Å²) in [5.41, 5.74) is 4.46. The molecule has 122 valence electrons. The summed E-state index contributed by atoms with van der Waals surface area (Å²) < 4.78 is 5.38. The van der Waals surface area contributed by atoms with Crippen molar-refractivity contribution in [3.8, 4) is 0 Å². The lowest BCUT2D eigenvalue weighted by molar-refractivity contribution is -0.0876. The van der Waals surface area contributed by atoms with Crippen LogP contribution >= 0.6 is 0 Å². The molecule has 21 heavy (non-hydrogen) atoms. The zero-order valence-corrected chi connectivity index (χ0v) is 13.4. The van der Waals surface area contributed by atoms with Crippen molar-refractivity contribution in [2.24, 2.45) is 5.73 Å². The van der Waals surface area contributed by atoms with Crippen molar-refractivity contribution in [1.29, 1.82) is 0 Å². The molecule has 2 fully saturated rings. The quantitative estimate of drug-likeness (QED) is 0.667. The first-order valence-corrected chi connectivity index (χ1v) is 7.85. The molecule has 0 radical (unpaired) electrons. The van der Waals surface area contributed by atoms with Gasteiger partial charge in [0.05, 0.1) is 11.1 Å². The van der Waals surface area contributed by atoms with Crippen LogP contribution in [0.15, 0.2) is 0 Å². The fourth-order valence-electron chi connectivity index (χ4n) is 3.21. The lowest BCUT2D eigenvalue weighted by atomic mass is 9.70. The molecule has 2 aliphatic rings. The molecule has 2 heterocycles. The van der Waals surface area contributed by atoms with Gasteiger partial charge < -0.3 is 25.8 Å². The number of nitrogens with one attached hydrogen (secondary N) is 1. The minimum Gasteiger partial charge on any atom is -0.444 e. The molecule has 0 aromatic rings. The Bertz CT molecular complexity index is 378. The topological polar surface area (TPSA) is 87.8 Å². The van der Waals surface area contributed by atoms with Crippen molar-refractivity contribution in [3.63, 3.8) is 0 Å². The SMILES string of the molecule is CC(C)(C)OC(=O)N1CCC(O)(C2(N)CCCNC2)CC1. The highest BCUT2D eigenvalue weighted by molar-refractivity contribution is 5.68. The predicted molar refractivity (Wildman–Crippen MR) is 81.0 cm³/mol. The molecular weight excluding hydrogens is 270 g/mol. The van der Waals surface area contributed by atoms with Gasteiger partial charge in [-0.2, -0.15) is 0 Å². The highest BCUT2D eigenvalue weighted by Gasteiger charge is 2.50. The molecule has 1 amide bonds. The summed E-state index contributed by atoms with van der Waals surface area (Å²) in [4.78, 5) is 13.7. The zero-order chi connectivity index (χ0) is 15.7. The molecule has 2 saturated heterocycles. The Morgan fingerprint density at radius 1 is 1.29 bits per heavy atom. The second kappa shape index (κ2) is 5.74. The standard InChI is InChI=1S/C15H29N3O3/c1-13(2,3)21-12(19)18-9-6-15(20,7-10-18)14(16)5-4-8-17-11-14/h17,20H,4-11,16H2,1-3H3. The maximum atomic E-state index is 12.1. The van der Waals surface area contributed by atoms with Crippen LogP contribution in [0, 0.1) is 0 Å². The van der Waals surface area contributed by atoms with Crippen LogP contribution in [0.25, 0.3) is 0 Å². The number of hydrogen-bond acceptors (Lipinski definition) is 5. The number of carbonyl (C=O) groups excluding carboxylic acids is 1. The zero-order valence-electron chi connectivity index (χ0n) is 13.4. The number of hydrogen-bond donors (Lipinski definition) is 3. The monoisotopic (exact) mass is 299 g/mol. The van der Waals surface area contributed by atoms with Gasteiger partial charge in [0.15, 0.2) is 0 Å². The number of carbonyl (C=O) groups is 1. The van der Waals surface area contributed by atoms with Crippen LogP contribution < -0.4 is 11.1 Å². The highest BCUT2D eigenvalue weighted by Crippen LogP contribution is 2.35. The number of aliphatic hydroxyl groups is 1. The first-order chi connectivity index (χ1) is 9.65. The minimum atomic E-state index is -0.904. The molecule has 0 spiro atoms. The van der Waals surface area contributed by atoms with Crippen LogP contribution in [0.5, 0.6) is 0 Å². The summed E-state index contributed by atoms with van der Waals surface area (Å²) in [6.07, 6.45) is 2.50. The fraction of sp³-hybridized carbons (Fsp3) is 0.933.